The average molecular weight is 657 g/mol. The third-order valence-electron chi connectivity index (χ3n) is 8.20. The van der Waals surface area contributed by atoms with Crippen LogP contribution in [0.1, 0.15) is 64.2 Å². The van der Waals surface area contributed by atoms with Gasteiger partial charge >= 0.3 is 0 Å². The molecule has 0 spiro atoms. The van der Waals surface area contributed by atoms with Crippen molar-refractivity contribution < 1.29 is 24.3 Å². The minimum atomic E-state index is -1.10. The molecule has 3 aromatic rings. The van der Waals surface area contributed by atoms with E-state index in [2.05, 4.69) is 16.0 Å². The number of rotatable bonds is 16. The highest BCUT2D eigenvalue weighted by Crippen LogP contribution is 2.19. The molecule has 48 heavy (non-hydrogen) atoms. The first-order valence-electron chi connectivity index (χ1n) is 16.7. The third-order valence-corrected chi connectivity index (χ3v) is 8.20. The van der Waals surface area contributed by atoms with Gasteiger partial charge in [0, 0.05) is 23.8 Å². The van der Waals surface area contributed by atoms with Crippen molar-refractivity contribution in [3.8, 4) is 0 Å². The molecule has 0 bridgehead atoms. The number of aliphatic hydroxyl groups is 1. The Balaban J connectivity index is 1.82. The van der Waals surface area contributed by atoms with Crippen molar-refractivity contribution in [3.63, 3.8) is 0 Å². The van der Waals surface area contributed by atoms with E-state index in [4.69, 9.17) is 5.73 Å². The summed E-state index contributed by atoms with van der Waals surface area (Å²) in [5, 5.41) is 19.3. The predicted molar refractivity (Wildman–Crippen MR) is 188 cm³/mol. The second kappa shape index (κ2) is 18.3. The lowest BCUT2D eigenvalue weighted by atomic mass is 9.89. The first-order valence-corrected chi connectivity index (χ1v) is 16.7. The number of nitrogens with one attached hydrogen (secondary N) is 3. The van der Waals surface area contributed by atoms with Crippen LogP contribution in [-0.2, 0) is 38.4 Å². The van der Waals surface area contributed by atoms with Crippen LogP contribution in [0.3, 0.4) is 0 Å². The Morgan fingerprint density at radius 2 is 1.12 bits per heavy atom. The molecule has 0 heterocycles. The van der Waals surface area contributed by atoms with E-state index in [9.17, 15) is 24.3 Å². The number of amides is 4. The van der Waals surface area contributed by atoms with E-state index in [1.54, 1.807) is 20.8 Å². The number of carbonyl (C=O) groups is 4. The molecule has 0 aromatic heterocycles. The maximum Gasteiger partial charge on any atom is 0.249 e. The van der Waals surface area contributed by atoms with E-state index in [-0.39, 0.29) is 31.1 Å². The zero-order valence-corrected chi connectivity index (χ0v) is 28.8. The second-order valence-electron chi connectivity index (χ2n) is 14.1. The maximum atomic E-state index is 13.8. The molecule has 6 N–H and O–H groups in total. The van der Waals surface area contributed by atoms with Crippen molar-refractivity contribution in [1.29, 1.82) is 0 Å². The monoisotopic (exact) mass is 656 g/mol. The van der Waals surface area contributed by atoms with Gasteiger partial charge in [-0.3, -0.25) is 24.5 Å². The van der Waals surface area contributed by atoms with Crippen molar-refractivity contribution >= 4 is 23.6 Å². The van der Waals surface area contributed by atoms with Crippen molar-refractivity contribution in [2.75, 3.05) is 0 Å². The van der Waals surface area contributed by atoms with E-state index in [0.717, 1.165) is 16.7 Å². The van der Waals surface area contributed by atoms with Crippen LogP contribution in [0.15, 0.2) is 91.0 Å². The SMILES string of the molecule is CC(C)CC(NC(=O)C(C)(C)C)C(=O)NC(Cc1ccccc1)C(=O)NC(=O)[C@H](Cc1ccccc1)C[C@H](O)[C@@H](N)Cc1ccccc1. The summed E-state index contributed by atoms with van der Waals surface area (Å²) in [6.07, 6.45) is 0.221. The lowest BCUT2D eigenvalue weighted by Crippen LogP contribution is -2.57. The van der Waals surface area contributed by atoms with Crippen LogP contribution >= 0.6 is 0 Å². The molecule has 0 aliphatic heterocycles. The topological polar surface area (TPSA) is 151 Å². The standard InChI is InChI=1S/C39H52N4O5/c1-26(2)21-32(42-38(48)39(3,4)5)36(46)41-33(24-29-19-13-8-14-20-29)37(47)43-35(45)30(22-27-15-9-6-10-16-27)25-34(44)31(40)23-28-17-11-7-12-18-28/h6-20,26,30-34,44H,21-25,40H2,1-5H3,(H,41,46)(H,42,48)(H,43,45,47)/t30-,31+,32?,33?,34+/m1/s1. The van der Waals surface area contributed by atoms with Gasteiger partial charge in [0.15, 0.2) is 0 Å². The zero-order chi connectivity index (χ0) is 35.3. The summed E-state index contributed by atoms with van der Waals surface area (Å²) >= 11 is 0. The lowest BCUT2D eigenvalue weighted by molar-refractivity contribution is -0.137. The van der Waals surface area contributed by atoms with Crippen LogP contribution < -0.4 is 21.7 Å². The van der Waals surface area contributed by atoms with Gasteiger partial charge in [-0.15, -0.1) is 0 Å². The van der Waals surface area contributed by atoms with E-state index >= 15 is 0 Å². The summed E-state index contributed by atoms with van der Waals surface area (Å²) in [4.78, 5) is 54.1. The van der Waals surface area contributed by atoms with E-state index < -0.39 is 53.3 Å². The molecule has 0 fully saturated rings. The molecule has 3 rings (SSSR count). The highest BCUT2D eigenvalue weighted by Gasteiger charge is 2.33. The van der Waals surface area contributed by atoms with Crippen molar-refractivity contribution in [2.45, 2.75) is 91.0 Å². The molecular formula is C39H52N4O5. The van der Waals surface area contributed by atoms with E-state index in [1.165, 1.54) is 0 Å². The van der Waals surface area contributed by atoms with Gasteiger partial charge in [0.2, 0.25) is 23.6 Å². The number of nitrogens with two attached hydrogens (primary N) is 1. The fraction of sp³-hybridized carbons (Fsp3) is 0.436. The minimum Gasteiger partial charge on any atom is -0.391 e. The molecule has 0 aliphatic carbocycles. The smallest absolute Gasteiger partial charge is 0.249 e. The number of carbonyl (C=O) groups excluding carboxylic acids is 4. The Bertz CT molecular complexity index is 1460. The van der Waals surface area contributed by atoms with Gasteiger partial charge in [-0.2, -0.15) is 0 Å². The van der Waals surface area contributed by atoms with Crippen molar-refractivity contribution in [2.24, 2.45) is 23.0 Å². The molecule has 2 unspecified atom stereocenters. The second-order valence-corrected chi connectivity index (χ2v) is 14.1. The van der Waals surface area contributed by atoms with Gasteiger partial charge in [-0.05, 0) is 48.3 Å². The van der Waals surface area contributed by atoms with Gasteiger partial charge in [0.05, 0.1) is 6.10 Å². The summed E-state index contributed by atoms with van der Waals surface area (Å²) in [7, 11) is 0. The normalized spacial score (nSPS) is 14.7. The summed E-state index contributed by atoms with van der Waals surface area (Å²) in [6.45, 7) is 9.19. The van der Waals surface area contributed by atoms with Gasteiger partial charge in [0.1, 0.15) is 12.1 Å². The number of aliphatic hydroxyl groups excluding tert-OH is 1. The maximum absolute atomic E-state index is 13.8. The number of hydrogen-bond acceptors (Lipinski definition) is 6. The van der Waals surface area contributed by atoms with Crippen molar-refractivity contribution in [3.05, 3.63) is 108 Å². The van der Waals surface area contributed by atoms with Crippen LogP contribution in [-0.4, -0.2) is 53.0 Å². The van der Waals surface area contributed by atoms with Crippen LogP contribution in [0.5, 0.6) is 0 Å². The highest BCUT2D eigenvalue weighted by atomic mass is 16.3. The molecule has 0 saturated heterocycles. The van der Waals surface area contributed by atoms with E-state index in [0.29, 0.717) is 12.8 Å². The Kier molecular flexibility index (Phi) is 14.5. The lowest BCUT2D eigenvalue weighted by Gasteiger charge is -2.27. The summed E-state index contributed by atoms with van der Waals surface area (Å²) in [6, 6.07) is 25.5. The third kappa shape index (κ3) is 12.7. The highest BCUT2D eigenvalue weighted by molar-refractivity contribution is 6.01. The Hall–Kier alpha value is -4.34. The number of benzene rings is 3. The molecule has 3 aromatic carbocycles. The molecular weight excluding hydrogens is 604 g/mol. The van der Waals surface area contributed by atoms with Gasteiger partial charge < -0.3 is 21.5 Å². The van der Waals surface area contributed by atoms with Crippen LogP contribution in [0.4, 0.5) is 0 Å². The van der Waals surface area contributed by atoms with Gasteiger partial charge in [0.25, 0.3) is 0 Å². The van der Waals surface area contributed by atoms with Crippen LogP contribution in [0.25, 0.3) is 0 Å². The summed E-state index contributed by atoms with van der Waals surface area (Å²) in [5.74, 6) is -2.72. The molecule has 9 heteroatoms. The molecule has 0 aliphatic rings. The fourth-order valence-electron chi connectivity index (χ4n) is 5.39. The Morgan fingerprint density at radius 1 is 0.646 bits per heavy atom. The molecule has 0 radical (unpaired) electrons. The van der Waals surface area contributed by atoms with Crippen LogP contribution in [0, 0.1) is 17.3 Å². The van der Waals surface area contributed by atoms with Crippen molar-refractivity contribution in [1.82, 2.24) is 16.0 Å². The first-order chi connectivity index (χ1) is 22.7. The average Bonchev–Trinajstić information content (AvgIpc) is 3.04. The zero-order valence-electron chi connectivity index (χ0n) is 28.8. The van der Waals surface area contributed by atoms with E-state index in [1.807, 2.05) is 105 Å². The molecule has 258 valence electrons. The summed E-state index contributed by atoms with van der Waals surface area (Å²) in [5.41, 5.74) is 8.29. The number of imide groups is 1. The molecule has 9 nitrogen and oxygen atoms in total. The predicted octanol–water partition coefficient (Wildman–Crippen LogP) is 4.11. The number of hydrogen-bond donors (Lipinski definition) is 5. The molecule has 4 amide bonds. The largest absolute Gasteiger partial charge is 0.391 e. The Morgan fingerprint density at radius 3 is 1.60 bits per heavy atom. The fourth-order valence-corrected chi connectivity index (χ4v) is 5.39. The quantitative estimate of drug-likeness (QED) is 0.157. The Labute approximate surface area is 285 Å². The van der Waals surface area contributed by atoms with Gasteiger partial charge in [-0.1, -0.05) is 126 Å². The molecule has 0 saturated carbocycles. The minimum absolute atomic E-state index is 0.0347. The molecule has 5 atom stereocenters. The van der Waals surface area contributed by atoms with Crippen LogP contribution in [0.2, 0.25) is 0 Å². The van der Waals surface area contributed by atoms with Gasteiger partial charge in [-0.25, -0.2) is 0 Å². The summed E-state index contributed by atoms with van der Waals surface area (Å²) < 4.78 is 0. The first kappa shape index (κ1) is 38.1.